The Hall–Kier alpha value is -0.440. The van der Waals surface area contributed by atoms with Crippen molar-refractivity contribution in [3.63, 3.8) is 0 Å². The van der Waals surface area contributed by atoms with Crippen molar-refractivity contribution < 1.29 is 0 Å². The second kappa shape index (κ2) is 5.06. The number of nitrogens with two attached hydrogens (primary N) is 1. The molecule has 1 atom stereocenters. The van der Waals surface area contributed by atoms with E-state index in [0.717, 1.165) is 17.8 Å². The van der Waals surface area contributed by atoms with Gasteiger partial charge in [0.1, 0.15) is 0 Å². The third kappa shape index (κ3) is 3.00. The molecule has 0 aliphatic heterocycles. The summed E-state index contributed by atoms with van der Waals surface area (Å²) >= 11 is 3.55. The van der Waals surface area contributed by atoms with E-state index in [0.29, 0.717) is 10.9 Å². The summed E-state index contributed by atoms with van der Waals surface area (Å²) in [4.78, 5) is 0.411. The average Bonchev–Trinajstić information content (AvgIpc) is 2.24. The molecule has 0 saturated heterocycles. The van der Waals surface area contributed by atoms with Crippen LogP contribution in [0.2, 0.25) is 0 Å². The van der Waals surface area contributed by atoms with Gasteiger partial charge in [0, 0.05) is 23.0 Å². The van der Waals surface area contributed by atoms with Crippen LogP contribution in [0.5, 0.6) is 0 Å². The summed E-state index contributed by atoms with van der Waals surface area (Å²) in [7, 11) is 0. The highest BCUT2D eigenvalue weighted by atomic mass is 79.9. The molecule has 0 spiro atoms. The Morgan fingerprint density at radius 3 is 2.67 bits per heavy atom. The zero-order valence-corrected chi connectivity index (χ0v) is 10.6. The van der Waals surface area contributed by atoms with Gasteiger partial charge >= 0.3 is 0 Å². The van der Waals surface area contributed by atoms with Crippen LogP contribution in [0.1, 0.15) is 38.5 Å². The first-order chi connectivity index (χ1) is 7.25. The minimum absolute atomic E-state index is 0.411. The molecular formula is C12H19BrN2. The van der Waals surface area contributed by atoms with E-state index in [9.17, 15) is 0 Å². The minimum atomic E-state index is 0.411. The Kier molecular flexibility index (Phi) is 3.73. The second-order valence-corrected chi connectivity index (χ2v) is 5.67. The van der Waals surface area contributed by atoms with Crippen molar-refractivity contribution in [2.45, 2.75) is 49.4 Å². The smallest absolute Gasteiger partial charge is 0.0530 e. The maximum atomic E-state index is 6.02. The fourth-order valence-electron chi connectivity index (χ4n) is 2.30. The maximum Gasteiger partial charge on any atom is 0.0530 e. The van der Waals surface area contributed by atoms with E-state index in [1.165, 1.54) is 32.1 Å². The van der Waals surface area contributed by atoms with Crippen LogP contribution in [0.25, 0.3) is 0 Å². The molecule has 0 heterocycles. The Labute approximate surface area is 100 Å². The summed E-state index contributed by atoms with van der Waals surface area (Å²) in [6, 6.07) is 0.642. The Balaban J connectivity index is 1.93. The summed E-state index contributed by atoms with van der Waals surface area (Å²) in [6.07, 6.45) is 11.9. The molecule has 0 aromatic rings. The molecule has 2 nitrogen and oxygen atoms in total. The summed E-state index contributed by atoms with van der Waals surface area (Å²) in [6.45, 7) is 0. The zero-order valence-electron chi connectivity index (χ0n) is 9.01. The van der Waals surface area contributed by atoms with Crippen LogP contribution in [0.3, 0.4) is 0 Å². The molecule has 2 aliphatic rings. The molecule has 3 N–H and O–H groups in total. The highest BCUT2D eigenvalue weighted by Crippen LogP contribution is 2.23. The molecule has 15 heavy (non-hydrogen) atoms. The van der Waals surface area contributed by atoms with Gasteiger partial charge in [0.15, 0.2) is 0 Å². The van der Waals surface area contributed by atoms with Crippen LogP contribution in [0, 0.1) is 0 Å². The van der Waals surface area contributed by atoms with Crippen LogP contribution in [-0.4, -0.2) is 10.9 Å². The van der Waals surface area contributed by atoms with Crippen molar-refractivity contribution in [3.05, 3.63) is 23.5 Å². The fourth-order valence-corrected chi connectivity index (χ4v) is 2.80. The first-order valence-corrected chi connectivity index (χ1v) is 6.74. The quantitative estimate of drug-likeness (QED) is 0.758. The molecule has 2 rings (SSSR count). The van der Waals surface area contributed by atoms with Gasteiger partial charge in [-0.15, -0.1) is 0 Å². The predicted molar refractivity (Wildman–Crippen MR) is 67.7 cm³/mol. The number of rotatable bonds is 2. The third-order valence-electron chi connectivity index (χ3n) is 3.20. The lowest BCUT2D eigenvalue weighted by Crippen LogP contribution is -2.32. The summed E-state index contributed by atoms with van der Waals surface area (Å²) in [5.41, 5.74) is 8.16. The van der Waals surface area contributed by atoms with Crippen molar-refractivity contribution in [1.29, 1.82) is 0 Å². The summed E-state index contributed by atoms with van der Waals surface area (Å²) < 4.78 is 0. The normalized spacial score (nSPS) is 28.2. The largest absolute Gasteiger partial charge is 0.400 e. The van der Waals surface area contributed by atoms with Crippen molar-refractivity contribution >= 4 is 15.9 Å². The van der Waals surface area contributed by atoms with Gasteiger partial charge in [0.25, 0.3) is 0 Å². The molecule has 0 bridgehead atoms. The molecule has 1 saturated carbocycles. The van der Waals surface area contributed by atoms with Gasteiger partial charge in [-0.05, 0) is 18.9 Å². The highest BCUT2D eigenvalue weighted by Gasteiger charge is 2.17. The molecular weight excluding hydrogens is 252 g/mol. The summed E-state index contributed by atoms with van der Waals surface area (Å²) in [5, 5.41) is 3.58. The molecule has 0 radical (unpaired) electrons. The SMILES string of the molecule is NC1=C(NC2CCCCC2)C=CC(Br)C1. The molecule has 84 valence electrons. The summed E-state index contributed by atoms with van der Waals surface area (Å²) in [5.74, 6) is 0. The monoisotopic (exact) mass is 270 g/mol. The molecule has 0 aromatic carbocycles. The number of nitrogens with one attached hydrogen (secondary N) is 1. The molecule has 0 amide bonds. The molecule has 0 aromatic heterocycles. The van der Waals surface area contributed by atoms with Crippen molar-refractivity contribution in [2.24, 2.45) is 5.73 Å². The van der Waals surface area contributed by atoms with E-state index in [-0.39, 0.29) is 0 Å². The molecule has 1 fully saturated rings. The lowest BCUT2D eigenvalue weighted by atomic mass is 9.95. The third-order valence-corrected chi connectivity index (χ3v) is 3.83. The number of halogens is 1. The second-order valence-electron chi connectivity index (χ2n) is 4.50. The average molecular weight is 271 g/mol. The van der Waals surface area contributed by atoms with Gasteiger partial charge in [-0.1, -0.05) is 41.3 Å². The number of allylic oxidation sites excluding steroid dienone is 3. The lowest BCUT2D eigenvalue weighted by molar-refractivity contribution is 0.397. The topological polar surface area (TPSA) is 38.0 Å². The van der Waals surface area contributed by atoms with Crippen molar-refractivity contribution in [2.75, 3.05) is 0 Å². The van der Waals surface area contributed by atoms with E-state index >= 15 is 0 Å². The van der Waals surface area contributed by atoms with E-state index < -0.39 is 0 Å². The highest BCUT2D eigenvalue weighted by molar-refractivity contribution is 9.09. The van der Waals surface area contributed by atoms with Crippen LogP contribution in [0.15, 0.2) is 23.5 Å². The number of hydrogen-bond acceptors (Lipinski definition) is 2. The first-order valence-electron chi connectivity index (χ1n) is 5.83. The fraction of sp³-hybridized carbons (Fsp3) is 0.667. The molecule has 1 unspecified atom stereocenters. The van der Waals surface area contributed by atoms with Crippen LogP contribution in [0.4, 0.5) is 0 Å². The Morgan fingerprint density at radius 1 is 1.27 bits per heavy atom. The maximum absolute atomic E-state index is 6.02. The first kappa shape index (κ1) is 11.1. The van der Waals surface area contributed by atoms with Gasteiger partial charge in [0.05, 0.1) is 5.70 Å². The van der Waals surface area contributed by atoms with Crippen LogP contribution >= 0.6 is 15.9 Å². The van der Waals surface area contributed by atoms with E-state index in [1.54, 1.807) is 0 Å². The Bertz CT molecular complexity index is 277. The zero-order chi connectivity index (χ0) is 10.7. The van der Waals surface area contributed by atoms with Crippen LogP contribution in [-0.2, 0) is 0 Å². The van der Waals surface area contributed by atoms with E-state index in [1.807, 2.05) is 0 Å². The van der Waals surface area contributed by atoms with E-state index in [4.69, 9.17) is 5.73 Å². The van der Waals surface area contributed by atoms with Crippen molar-refractivity contribution in [1.82, 2.24) is 5.32 Å². The lowest BCUT2D eigenvalue weighted by Gasteiger charge is -2.26. The Morgan fingerprint density at radius 2 is 2.00 bits per heavy atom. The van der Waals surface area contributed by atoms with Gasteiger partial charge in [0.2, 0.25) is 0 Å². The van der Waals surface area contributed by atoms with E-state index in [2.05, 4.69) is 33.4 Å². The molecule has 2 aliphatic carbocycles. The van der Waals surface area contributed by atoms with Crippen LogP contribution < -0.4 is 11.1 Å². The van der Waals surface area contributed by atoms with Gasteiger partial charge in [-0.25, -0.2) is 0 Å². The molecule has 3 heteroatoms. The van der Waals surface area contributed by atoms with Crippen molar-refractivity contribution in [3.8, 4) is 0 Å². The number of alkyl halides is 1. The predicted octanol–water partition coefficient (Wildman–Crippen LogP) is 2.80. The van der Waals surface area contributed by atoms with Gasteiger partial charge < -0.3 is 11.1 Å². The van der Waals surface area contributed by atoms with Gasteiger partial charge in [-0.3, -0.25) is 0 Å². The van der Waals surface area contributed by atoms with Gasteiger partial charge in [-0.2, -0.15) is 0 Å². The minimum Gasteiger partial charge on any atom is -0.400 e. The number of hydrogen-bond donors (Lipinski definition) is 2. The standard InChI is InChI=1S/C12H19BrN2/c13-9-6-7-12(11(14)8-9)15-10-4-2-1-3-5-10/h6-7,9-10,15H,1-5,8,14H2.